The van der Waals surface area contributed by atoms with Gasteiger partial charge in [-0.05, 0) is 12.1 Å². The molecule has 0 radical (unpaired) electrons. The van der Waals surface area contributed by atoms with Crippen LogP contribution < -0.4 is 20.1 Å². The molecule has 126 valence electrons. The Morgan fingerprint density at radius 2 is 2.25 bits per heavy atom. The molecule has 0 saturated heterocycles. The minimum absolute atomic E-state index is 0.0193. The SMILES string of the molecule is COc1ccc(OC)c(NC(=O)C[C@@H]2Cn3ncnc3NC2=O)c1. The second-order valence-electron chi connectivity index (χ2n) is 5.27. The van der Waals surface area contributed by atoms with Crippen molar-refractivity contribution in [3.8, 4) is 11.5 Å². The van der Waals surface area contributed by atoms with Crippen molar-refractivity contribution in [3.05, 3.63) is 24.5 Å². The van der Waals surface area contributed by atoms with Crippen LogP contribution in [0.3, 0.4) is 0 Å². The van der Waals surface area contributed by atoms with Gasteiger partial charge in [-0.3, -0.25) is 14.9 Å². The molecule has 0 saturated carbocycles. The fraction of sp³-hybridized carbons (Fsp3) is 0.333. The highest BCUT2D eigenvalue weighted by Gasteiger charge is 2.29. The average molecular weight is 331 g/mol. The first kappa shape index (κ1) is 15.8. The topological polar surface area (TPSA) is 107 Å². The van der Waals surface area contributed by atoms with Crippen LogP contribution >= 0.6 is 0 Å². The standard InChI is InChI=1S/C15H17N5O4/c1-23-10-3-4-12(24-2)11(6-10)18-13(21)5-9-7-20-15(16-8-17-20)19-14(9)22/h3-4,6,8-9H,5,7H2,1-2H3,(H,18,21)(H,16,17,19,22)/t9-/m1/s1. The molecular weight excluding hydrogens is 314 g/mol. The van der Waals surface area contributed by atoms with Crippen LogP contribution in [0.25, 0.3) is 0 Å². The summed E-state index contributed by atoms with van der Waals surface area (Å²) in [6.45, 7) is 0.309. The number of hydrogen-bond donors (Lipinski definition) is 2. The maximum Gasteiger partial charge on any atom is 0.232 e. The number of methoxy groups -OCH3 is 2. The quantitative estimate of drug-likeness (QED) is 0.842. The van der Waals surface area contributed by atoms with Gasteiger partial charge in [0.25, 0.3) is 0 Å². The van der Waals surface area contributed by atoms with Crippen molar-refractivity contribution in [1.82, 2.24) is 14.8 Å². The van der Waals surface area contributed by atoms with Gasteiger partial charge in [0.2, 0.25) is 17.8 Å². The molecule has 2 aromatic rings. The molecule has 0 aliphatic carbocycles. The van der Waals surface area contributed by atoms with E-state index in [0.29, 0.717) is 29.7 Å². The van der Waals surface area contributed by atoms with Crippen LogP contribution in [0.1, 0.15) is 6.42 Å². The summed E-state index contributed by atoms with van der Waals surface area (Å²) in [6.07, 6.45) is 1.38. The molecule has 0 bridgehead atoms. The van der Waals surface area contributed by atoms with Crippen molar-refractivity contribution < 1.29 is 19.1 Å². The molecule has 1 aliphatic heterocycles. The second-order valence-corrected chi connectivity index (χ2v) is 5.27. The summed E-state index contributed by atoms with van der Waals surface area (Å²) in [6, 6.07) is 5.09. The molecular formula is C15H17N5O4. The fourth-order valence-corrected chi connectivity index (χ4v) is 2.49. The number of anilines is 2. The number of fused-ring (bicyclic) bond motifs is 1. The third-order valence-corrected chi connectivity index (χ3v) is 3.73. The summed E-state index contributed by atoms with van der Waals surface area (Å²) in [5, 5.41) is 9.38. The van der Waals surface area contributed by atoms with Crippen molar-refractivity contribution in [2.45, 2.75) is 13.0 Å². The van der Waals surface area contributed by atoms with E-state index in [2.05, 4.69) is 20.7 Å². The number of carbonyl (C=O) groups is 2. The van der Waals surface area contributed by atoms with Crippen LogP contribution in [-0.4, -0.2) is 40.8 Å². The van der Waals surface area contributed by atoms with Crippen molar-refractivity contribution in [2.75, 3.05) is 24.9 Å². The van der Waals surface area contributed by atoms with Crippen molar-refractivity contribution in [3.63, 3.8) is 0 Å². The van der Waals surface area contributed by atoms with Gasteiger partial charge in [-0.15, -0.1) is 0 Å². The summed E-state index contributed by atoms with van der Waals surface area (Å²) in [7, 11) is 3.05. The molecule has 0 fully saturated rings. The largest absolute Gasteiger partial charge is 0.497 e. The van der Waals surface area contributed by atoms with Gasteiger partial charge in [0.15, 0.2) is 0 Å². The highest BCUT2D eigenvalue weighted by atomic mass is 16.5. The third-order valence-electron chi connectivity index (χ3n) is 3.73. The van der Waals surface area contributed by atoms with Crippen LogP contribution in [0.15, 0.2) is 24.5 Å². The normalized spacial score (nSPS) is 16.1. The number of hydrogen-bond acceptors (Lipinski definition) is 6. The number of aromatic nitrogens is 3. The van der Waals surface area contributed by atoms with Gasteiger partial charge in [0.1, 0.15) is 17.8 Å². The average Bonchev–Trinajstić information content (AvgIpc) is 3.02. The van der Waals surface area contributed by atoms with E-state index in [0.717, 1.165) is 0 Å². The molecule has 3 rings (SSSR count). The summed E-state index contributed by atoms with van der Waals surface area (Å²) < 4.78 is 11.9. The first-order valence-electron chi connectivity index (χ1n) is 7.31. The molecule has 9 nitrogen and oxygen atoms in total. The number of benzene rings is 1. The lowest BCUT2D eigenvalue weighted by Crippen LogP contribution is -2.36. The molecule has 2 N–H and O–H groups in total. The molecule has 1 aromatic heterocycles. The molecule has 2 amide bonds. The Morgan fingerprint density at radius 1 is 1.42 bits per heavy atom. The number of amides is 2. The lowest BCUT2D eigenvalue weighted by atomic mass is 10.0. The van der Waals surface area contributed by atoms with Gasteiger partial charge >= 0.3 is 0 Å². The van der Waals surface area contributed by atoms with Crippen LogP contribution in [0.2, 0.25) is 0 Å². The van der Waals surface area contributed by atoms with E-state index in [1.54, 1.807) is 22.9 Å². The van der Waals surface area contributed by atoms with E-state index < -0.39 is 5.92 Å². The first-order valence-corrected chi connectivity index (χ1v) is 7.31. The Hall–Kier alpha value is -3.10. The molecule has 9 heteroatoms. The summed E-state index contributed by atoms with van der Waals surface area (Å²) in [5.74, 6) is 0.431. The molecule has 24 heavy (non-hydrogen) atoms. The van der Waals surface area contributed by atoms with E-state index in [4.69, 9.17) is 9.47 Å². The first-order chi connectivity index (χ1) is 11.6. The van der Waals surface area contributed by atoms with Crippen LogP contribution in [0, 0.1) is 5.92 Å². The number of nitrogens with zero attached hydrogens (tertiary/aromatic N) is 3. The van der Waals surface area contributed by atoms with E-state index in [-0.39, 0.29) is 18.2 Å². The lowest BCUT2D eigenvalue weighted by molar-refractivity contribution is -0.126. The maximum absolute atomic E-state index is 12.3. The Bertz CT molecular complexity index is 773. The van der Waals surface area contributed by atoms with Crippen LogP contribution in [-0.2, 0) is 16.1 Å². The second kappa shape index (κ2) is 6.57. The smallest absolute Gasteiger partial charge is 0.232 e. The Balaban J connectivity index is 1.69. The Morgan fingerprint density at radius 3 is 3.00 bits per heavy atom. The Labute approximate surface area is 138 Å². The predicted molar refractivity (Wildman–Crippen MR) is 84.9 cm³/mol. The van der Waals surface area contributed by atoms with Crippen molar-refractivity contribution >= 4 is 23.5 Å². The van der Waals surface area contributed by atoms with Gasteiger partial charge in [-0.2, -0.15) is 10.1 Å². The van der Waals surface area contributed by atoms with E-state index in [1.807, 2.05) is 0 Å². The lowest BCUT2D eigenvalue weighted by Gasteiger charge is -2.22. The van der Waals surface area contributed by atoms with Gasteiger partial charge in [0.05, 0.1) is 32.4 Å². The van der Waals surface area contributed by atoms with Gasteiger partial charge in [-0.25, -0.2) is 4.68 Å². The highest BCUT2D eigenvalue weighted by molar-refractivity contribution is 5.98. The number of rotatable bonds is 5. The maximum atomic E-state index is 12.3. The number of carbonyl (C=O) groups excluding carboxylic acids is 2. The predicted octanol–water partition coefficient (Wildman–Crippen LogP) is 0.892. The van der Waals surface area contributed by atoms with Crippen molar-refractivity contribution in [1.29, 1.82) is 0 Å². The Kier molecular flexibility index (Phi) is 4.32. The van der Waals surface area contributed by atoms with Gasteiger partial charge < -0.3 is 14.8 Å². The minimum Gasteiger partial charge on any atom is -0.497 e. The zero-order chi connectivity index (χ0) is 17.1. The molecule has 1 aliphatic rings. The fourth-order valence-electron chi connectivity index (χ4n) is 2.49. The van der Waals surface area contributed by atoms with Crippen LogP contribution in [0.5, 0.6) is 11.5 Å². The zero-order valence-electron chi connectivity index (χ0n) is 13.3. The minimum atomic E-state index is -0.518. The molecule has 0 spiro atoms. The van der Waals surface area contributed by atoms with Gasteiger partial charge in [0, 0.05) is 12.5 Å². The summed E-state index contributed by atoms with van der Waals surface area (Å²) in [5.41, 5.74) is 0.486. The monoisotopic (exact) mass is 331 g/mol. The van der Waals surface area contributed by atoms with Gasteiger partial charge in [-0.1, -0.05) is 0 Å². The third kappa shape index (κ3) is 3.14. The van der Waals surface area contributed by atoms with E-state index in [9.17, 15) is 9.59 Å². The highest BCUT2D eigenvalue weighted by Crippen LogP contribution is 2.29. The van der Waals surface area contributed by atoms with E-state index >= 15 is 0 Å². The molecule has 2 heterocycles. The van der Waals surface area contributed by atoms with Crippen LogP contribution in [0.4, 0.5) is 11.6 Å². The molecule has 1 atom stereocenters. The zero-order valence-corrected chi connectivity index (χ0v) is 13.3. The summed E-state index contributed by atoms with van der Waals surface area (Å²) in [4.78, 5) is 28.3. The number of nitrogens with one attached hydrogen (secondary N) is 2. The number of ether oxygens (including phenoxy) is 2. The van der Waals surface area contributed by atoms with E-state index in [1.165, 1.54) is 20.5 Å². The van der Waals surface area contributed by atoms with Crippen molar-refractivity contribution in [2.24, 2.45) is 5.92 Å². The molecule has 0 unspecified atom stereocenters. The summed E-state index contributed by atoms with van der Waals surface area (Å²) >= 11 is 0. The molecule has 1 aromatic carbocycles.